The SMILES string of the molecule is CCOC(=O)[C@](CC)(C(C)=O)C(C)C. The van der Waals surface area contributed by atoms with Crippen molar-refractivity contribution in [2.45, 2.75) is 41.0 Å². The van der Waals surface area contributed by atoms with E-state index >= 15 is 0 Å². The molecule has 0 aliphatic carbocycles. The highest BCUT2D eigenvalue weighted by Crippen LogP contribution is 2.34. The molecule has 0 aromatic rings. The van der Waals surface area contributed by atoms with Crippen molar-refractivity contribution in [3.8, 4) is 0 Å². The van der Waals surface area contributed by atoms with Gasteiger partial charge in [0, 0.05) is 0 Å². The molecule has 0 aromatic carbocycles. The van der Waals surface area contributed by atoms with Gasteiger partial charge in [-0.15, -0.1) is 0 Å². The molecule has 0 heterocycles. The third-order valence-corrected chi connectivity index (χ3v) is 2.81. The first kappa shape index (κ1) is 13.1. The van der Waals surface area contributed by atoms with E-state index < -0.39 is 5.41 Å². The number of ketones is 1. The summed E-state index contributed by atoms with van der Waals surface area (Å²) in [5.41, 5.74) is -0.948. The van der Waals surface area contributed by atoms with Crippen LogP contribution >= 0.6 is 0 Å². The lowest BCUT2D eigenvalue weighted by Gasteiger charge is -2.31. The molecular formula is C11H20O3. The molecule has 82 valence electrons. The van der Waals surface area contributed by atoms with Crippen LogP contribution in [0.15, 0.2) is 0 Å². The number of ether oxygens (including phenoxy) is 1. The second-order valence-corrected chi connectivity index (χ2v) is 3.76. The average Bonchev–Trinajstić information content (AvgIpc) is 2.05. The summed E-state index contributed by atoms with van der Waals surface area (Å²) in [4.78, 5) is 23.3. The molecular weight excluding hydrogens is 180 g/mol. The van der Waals surface area contributed by atoms with Gasteiger partial charge in [0.1, 0.15) is 11.2 Å². The molecule has 0 rings (SSSR count). The number of carbonyl (C=O) groups excluding carboxylic acids is 2. The van der Waals surface area contributed by atoms with Crippen molar-refractivity contribution in [3.63, 3.8) is 0 Å². The fourth-order valence-electron chi connectivity index (χ4n) is 1.85. The summed E-state index contributed by atoms with van der Waals surface area (Å²) < 4.78 is 4.96. The van der Waals surface area contributed by atoms with Crippen LogP contribution in [-0.4, -0.2) is 18.4 Å². The van der Waals surface area contributed by atoms with Gasteiger partial charge in [-0.25, -0.2) is 0 Å². The van der Waals surface area contributed by atoms with Gasteiger partial charge in [0.05, 0.1) is 6.61 Å². The van der Waals surface area contributed by atoms with Crippen molar-refractivity contribution in [1.29, 1.82) is 0 Å². The van der Waals surface area contributed by atoms with Crippen LogP contribution in [0.1, 0.15) is 41.0 Å². The van der Waals surface area contributed by atoms with E-state index in [1.165, 1.54) is 6.92 Å². The predicted molar refractivity (Wildman–Crippen MR) is 54.9 cm³/mol. The number of carbonyl (C=O) groups is 2. The standard InChI is InChI=1S/C11H20O3/c1-6-11(8(3)4,9(5)12)10(13)14-7-2/h8H,6-7H2,1-5H3/t11-/m0/s1. The van der Waals surface area contributed by atoms with Crippen LogP contribution in [0.2, 0.25) is 0 Å². The first-order valence-corrected chi connectivity index (χ1v) is 5.11. The molecule has 0 aliphatic heterocycles. The molecule has 0 radical (unpaired) electrons. The largest absolute Gasteiger partial charge is 0.465 e. The molecule has 0 unspecified atom stereocenters. The summed E-state index contributed by atoms with van der Waals surface area (Å²) in [7, 11) is 0. The Morgan fingerprint density at radius 1 is 1.29 bits per heavy atom. The van der Waals surface area contributed by atoms with E-state index in [0.717, 1.165) is 0 Å². The molecule has 0 amide bonds. The number of hydrogen-bond acceptors (Lipinski definition) is 3. The van der Waals surface area contributed by atoms with E-state index in [2.05, 4.69) is 0 Å². The Bertz CT molecular complexity index is 221. The van der Waals surface area contributed by atoms with Gasteiger partial charge in [0.2, 0.25) is 0 Å². The topological polar surface area (TPSA) is 43.4 Å². The van der Waals surface area contributed by atoms with Crippen LogP contribution < -0.4 is 0 Å². The summed E-state index contributed by atoms with van der Waals surface area (Å²) in [6.07, 6.45) is 0.499. The van der Waals surface area contributed by atoms with Gasteiger partial charge in [-0.3, -0.25) is 9.59 Å². The van der Waals surface area contributed by atoms with Crippen LogP contribution in [-0.2, 0) is 14.3 Å². The van der Waals surface area contributed by atoms with Gasteiger partial charge in [-0.2, -0.15) is 0 Å². The molecule has 1 atom stereocenters. The smallest absolute Gasteiger partial charge is 0.319 e. The highest BCUT2D eigenvalue weighted by molar-refractivity contribution is 6.02. The Kier molecular flexibility index (Phi) is 4.81. The average molecular weight is 200 g/mol. The summed E-state index contributed by atoms with van der Waals surface area (Å²) in [6, 6.07) is 0. The van der Waals surface area contributed by atoms with Crippen LogP contribution in [0.5, 0.6) is 0 Å². The number of rotatable bonds is 5. The zero-order valence-corrected chi connectivity index (χ0v) is 9.72. The summed E-state index contributed by atoms with van der Waals surface area (Å²) in [5, 5.41) is 0. The minimum Gasteiger partial charge on any atom is -0.465 e. The lowest BCUT2D eigenvalue weighted by molar-refractivity contribution is -0.163. The molecule has 0 saturated carbocycles. The van der Waals surface area contributed by atoms with Crippen molar-refractivity contribution in [2.24, 2.45) is 11.3 Å². The Balaban J connectivity index is 5.04. The summed E-state index contributed by atoms with van der Waals surface area (Å²) >= 11 is 0. The molecule has 0 N–H and O–H groups in total. The second-order valence-electron chi connectivity index (χ2n) is 3.76. The van der Waals surface area contributed by atoms with E-state index in [9.17, 15) is 9.59 Å². The molecule has 0 spiro atoms. The molecule has 0 bridgehead atoms. The maximum Gasteiger partial charge on any atom is 0.319 e. The molecule has 14 heavy (non-hydrogen) atoms. The van der Waals surface area contributed by atoms with Crippen molar-refractivity contribution in [3.05, 3.63) is 0 Å². The number of esters is 1. The molecule has 3 heteroatoms. The number of Topliss-reactive ketones (excluding diaryl/α,β-unsaturated/α-hetero) is 1. The quantitative estimate of drug-likeness (QED) is 0.504. The van der Waals surface area contributed by atoms with Crippen molar-refractivity contribution >= 4 is 11.8 Å². The molecule has 3 nitrogen and oxygen atoms in total. The third kappa shape index (κ3) is 2.14. The van der Waals surface area contributed by atoms with E-state index in [1.807, 2.05) is 20.8 Å². The molecule has 0 aliphatic rings. The van der Waals surface area contributed by atoms with E-state index in [-0.39, 0.29) is 17.7 Å². The Labute approximate surface area is 85.8 Å². The first-order chi connectivity index (χ1) is 6.43. The van der Waals surface area contributed by atoms with Crippen molar-refractivity contribution in [2.75, 3.05) is 6.61 Å². The van der Waals surface area contributed by atoms with Gasteiger partial charge in [0.25, 0.3) is 0 Å². The zero-order valence-electron chi connectivity index (χ0n) is 9.72. The highest BCUT2D eigenvalue weighted by atomic mass is 16.5. The number of hydrogen-bond donors (Lipinski definition) is 0. The Morgan fingerprint density at radius 2 is 1.79 bits per heavy atom. The minimum absolute atomic E-state index is 0.0240. The Morgan fingerprint density at radius 3 is 2.00 bits per heavy atom. The molecule has 0 fully saturated rings. The minimum atomic E-state index is -0.948. The summed E-state index contributed by atoms with van der Waals surface area (Å²) in [5.74, 6) is -0.512. The molecule has 0 aromatic heterocycles. The normalized spacial score (nSPS) is 15.0. The first-order valence-electron chi connectivity index (χ1n) is 5.11. The van der Waals surface area contributed by atoms with E-state index in [4.69, 9.17) is 4.74 Å². The van der Waals surface area contributed by atoms with Gasteiger partial charge >= 0.3 is 5.97 Å². The van der Waals surface area contributed by atoms with E-state index in [0.29, 0.717) is 13.0 Å². The second kappa shape index (κ2) is 5.13. The maximum absolute atomic E-state index is 11.7. The van der Waals surface area contributed by atoms with Crippen molar-refractivity contribution < 1.29 is 14.3 Å². The lowest BCUT2D eigenvalue weighted by atomic mass is 9.72. The van der Waals surface area contributed by atoms with Crippen LogP contribution in [0, 0.1) is 11.3 Å². The van der Waals surface area contributed by atoms with Gasteiger partial charge in [0.15, 0.2) is 0 Å². The van der Waals surface area contributed by atoms with E-state index in [1.54, 1.807) is 6.92 Å². The summed E-state index contributed by atoms with van der Waals surface area (Å²) in [6.45, 7) is 9.13. The lowest BCUT2D eigenvalue weighted by Crippen LogP contribution is -2.43. The van der Waals surface area contributed by atoms with Crippen LogP contribution in [0.3, 0.4) is 0 Å². The Hall–Kier alpha value is -0.860. The highest BCUT2D eigenvalue weighted by Gasteiger charge is 2.45. The fourth-order valence-corrected chi connectivity index (χ4v) is 1.85. The molecule has 0 saturated heterocycles. The fraction of sp³-hybridized carbons (Fsp3) is 0.818. The van der Waals surface area contributed by atoms with Gasteiger partial charge < -0.3 is 4.74 Å². The predicted octanol–water partition coefficient (Wildman–Crippen LogP) is 2.19. The monoisotopic (exact) mass is 200 g/mol. The maximum atomic E-state index is 11.7. The van der Waals surface area contributed by atoms with Crippen LogP contribution in [0.4, 0.5) is 0 Å². The third-order valence-electron chi connectivity index (χ3n) is 2.81. The van der Waals surface area contributed by atoms with Crippen molar-refractivity contribution in [1.82, 2.24) is 0 Å². The van der Waals surface area contributed by atoms with Gasteiger partial charge in [-0.1, -0.05) is 20.8 Å². The van der Waals surface area contributed by atoms with Gasteiger partial charge in [-0.05, 0) is 26.2 Å². The zero-order chi connectivity index (χ0) is 11.4. The van der Waals surface area contributed by atoms with Crippen LogP contribution in [0.25, 0.3) is 0 Å².